The molecule has 200 valence electrons. The van der Waals surface area contributed by atoms with Crippen molar-refractivity contribution in [3.8, 4) is 0 Å². The topological polar surface area (TPSA) is 83.3 Å². The average molecular weight is 514 g/mol. The summed E-state index contributed by atoms with van der Waals surface area (Å²) in [5.41, 5.74) is 6.73. The maximum absolute atomic E-state index is 10.8. The molecule has 0 spiro atoms. The summed E-state index contributed by atoms with van der Waals surface area (Å²) >= 11 is 0. The Balaban J connectivity index is 1.77. The molecule has 7 nitrogen and oxygen atoms in total. The number of anilines is 1. The quantitative estimate of drug-likeness (QED) is 0.196. The van der Waals surface area contributed by atoms with Gasteiger partial charge in [0.25, 0.3) is 0 Å². The van der Waals surface area contributed by atoms with Crippen LogP contribution in [0.5, 0.6) is 0 Å². The number of hydrogen-bond acceptors (Lipinski definition) is 4. The van der Waals surface area contributed by atoms with E-state index in [0.717, 1.165) is 85.7 Å². The standard InChI is InChI=1S/C31H39N5O2/c1-4-5-18-27-34-28-29(36(27)20-13-12-19-32-31(37)38)23(2)24(3)33-30(28)35(21-25-14-8-6-9-15-25)22-26-16-10-7-11-17-26/h6-11,14-17,32H,4-5,12-13,18-22H2,1-3H3,(H,37,38). The lowest BCUT2D eigenvalue weighted by atomic mass is 10.1. The van der Waals surface area contributed by atoms with E-state index in [1.54, 1.807) is 0 Å². The number of pyridine rings is 1. The molecule has 0 aliphatic heterocycles. The summed E-state index contributed by atoms with van der Waals surface area (Å²) in [7, 11) is 0. The fourth-order valence-electron chi connectivity index (χ4n) is 4.89. The normalized spacial score (nSPS) is 11.1. The number of aromatic nitrogens is 3. The summed E-state index contributed by atoms with van der Waals surface area (Å²) in [6.45, 7) is 9.16. The molecule has 38 heavy (non-hydrogen) atoms. The van der Waals surface area contributed by atoms with Gasteiger partial charge in [-0.3, -0.25) is 0 Å². The number of carboxylic acid groups (broad SMARTS) is 1. The number of nitrogens with one attached hydrogen (secondary N) is 1. The number of carbonyl (C=O) groups is 1. The highest BCUT2D eigenvalue weighted by Crippen LogP contribution is 2.32. The average Bonchev–Trinajstić information content (AvgIpc) is 3.28. The molecule has 0 aliphatic rings. The predicted molar refractivity (Wildman–Crippen MR) is 154 cm³/mol. The zero-order chi connectivity index (χ0) is 26.9. The number of fused-ring (bicyclic) bond motifs is 1. The fraction of sp³-hybridized carbons (Fsp3) is 0.387. The Labute approximate surface area is 225 Å². The smallest absolute Gasteiger partial charge is 0.404 e. The summed E-state index contributed by atoms with van der Waals surface area (Å²) in [5, 5.41) is 11.4. The molecule has 7 heteroatoms. The van der Waals surface area contributed by atoms with Gasteiger partial charge in [0, 0.05) is 38.3 Å². The first kappa shape index (κ1) is 27.2. The first-order chi connectivity index (χ1) is 18.5. The molecule has 0 saturated carbocycles. The molecule has 0 aliphatic carbocycles. The van der Waals surface area contributed by atoms with Crippen molar-refractivity contribution >= 4 is 22.9 Å². The van der Waals surface area contributed by atoms with Crippen LogP contribution in [0.25, 0.3) is 11.0 Å². The fourth-order valence-corrected chi connectivity index (χ4v) is 4.89. The molecule has 0 saturated heterocycles. The van der Waals surface area contributed by atoms with E-state index in [2.05, 4.69) is 84.1 Å². The first-order valence-electron chi connectivity index (χ1n) is 13.6. The Morgan fingerprint density at radius 1 is 0.921 bits per heavy atom. The molecule has 4 rings (SSSR count). The number of nitrogens with zero attached hydrogens (tertiary/aromatic N) is 4. The van der Waals surface area contributed by atoms with E-state index < -0.39 is 6.09 Å². The highest BCUT2D eigenvalue weighted by Gasteiger charge is 2.22. The van der Waals surface area contributed by atoms with Gasteiger partial charge in [0.2, 0.25) is 0 Å². The third-order valence-corrected chi connectivity index (χ3v) is 7.00. The minimum Gasteiger partial charge on any atom is -0.465 e. The second-order valence-corrected chi connectivity index (χ2v) is 9.89. The maximum Gasteiger partial charge on any atom is 0.404 e. The summed E-state index contributed by atoms with van der Waals surface area (Å²) in [6.07, 6.45) is 3.77. The van der Waals surface area contributed by atoms with Crippen molar-refractivity contribution in [2.45, 2.75) is 72.5 Å². The largest absolute Gasteiger partial charge is 0.465 e. The number of benzene rings is 2. The van der Waals surface area contributed by atoms with Crippen LogP contribution in [0.4, 0.5) is 10.6 Å². The van der Waals surface area contributed by atoms with E-state index >= 15 is 0 Å². The summed E-state index contributed by atoms with van der Waals surface area (Å²) in [4.78, 5) is 23.6. The summed E-state index contributed by atoms with van der Waals surface area (Å²) in [5.74, 6) is 2.00. The van der Waals surface area contributed by atoms with E-state index in [1.165, 1.54) is 11.1 Å². The number of hydrogen-bond donors (Lipinski definition) is 2. The van der Waals surface area contributed by atoms with E-state index in [1.807, 2.05) is 12.1 Å². The number of aryl methyl sites for hydroxylation is 4. The molecule has 2 aromatic heterocycles. The van der Waals surface area contributed by atoms with Crippen LogP contribution in [0, 0.1) is 13.8 Å². The molecule has 2 aromatic carbocycles. The monoisotopic (exact) mass is 513 g/mol. The van der Waals surface area contributed by atoms with Crippen molar-refractivity contribution in [1.82, 2.24) is 19.9 Å². The van der Waals surface area contributed by atoms with Gasteiger partial charge in [-0.15, -0.1) is 0 Å². The molecule has 2 N–H and O–H groups in total. The lowest BCUT2D eigenvalue weighted by Gasteiger charge is -2.25. The molecule has 0 bridgehead atoms. The van der Waals surface area contributed by atoms with Crippen molar-refractivity contribution in [3.05, 3.63) is 88.9 Å². The van der Waals surface area contributed by atoms with Crippen molar-refractivity contribution in [1.29, 1.82) is 0 Å². The van der Waals surface area contributed by atoms with Crippen LogP contribution in [-0.2, 0) is 26.1 Å². The minimum absolute atomic E-state index is 0.457. The SMILES string of the molecule is CCCCc1nc2c(N(Cc3ccccc3)Cc3ccccc3)nc(C)c(C)c2n1CCCCNC(=O)O. The van der Waals surface area contributed by atoms with Crippen molar-refractivity contribution in [2.75, 3.05) is 11.4 Å². The third-order valence-electron chi connectivity index (χ3n) is 7.00. The molecule has 0 fully saturated rings. The van der Waals surface area contributed by atoms with Crippen molar-refractivity contribution in [3.63, 3.8) is 0 Å². The molecule has 0 radical (unpaired) electrons. The van der Waals surface area contributed by atoms with E-state index in [0.29, 0.717) is 6.54 Å². The summed E-state index contributed by atoms with van der Waals surface area (Å²) in [6, 6.07) is 21.0. The zero-order valence-electron chi connectivity index (χ0n) is 22.8. The van der Waals surface area contributed by atoms with Gasteiger partial charge in [0.05, 0.1) is 5.52 Å². The summed E-state index contributed by atoms with van der Waals surface area (Å²) < 4.78 is 2.36. The van der Waals surface area contributed by atoms with Crippen LogP contribution in [0.1, 0.15) is 60.8 Å². The van der Waals surface area contributed by atoms with Gasteiger partial charge in [-0.25, -0.2) is 14.8 Å². The first-order valence-corrected chi connectivity index (χ1v) is 13.6. The Kier molecular flexibility index (Phi) is 9.35. The van der Waals surface area contributed by atoms with E-state index in [9.17, 15) is 4.79 Å². The number of amides is 1. The van der Waals surface area contributed by atoms with Gasteiger partial charge in [-0.05, 0) is 49.8 Å². The van der Waals surface area contributed by atoms with Crippen LogP contribution < -0.4 is 10.2 Å². The maximum atomic E-state index is 10.8. The van der Waals surface area contributed by atoms with Crippen LogP contribution in [0.2, 0.25) is 0 Å². The highest BCUT2D eigenvalue weighted by molar-refractivity contribution is 5.90. The van der Waals surface area contributed by atoms with Crippen molar-refractivity contribution < 1.29 is 9.90 Å². The van der Waals surface area contributed by atoms with Crippen LogP contribution >= 0.6 is 0 Å². The van der Waals surface area contributed by atoms with Gasteiger partial charge < -0.3 is 19.9 Å². The minimum atomic E-state index is -0.971. The molecular weight excluding hydrogens is 474 g/mol. The zero-order valence-corrected chi connectivity index (χ0v) is 22.8. The highest BCUT2D eigenvalue weighted by atomic mass is 16.4. The molecule has 2 heterocycles. The van der Waals surface area contributed by atoms with E-state index in [4.69, 9.17) is 15.1 Å². The van der Waals surface area contributed by atoms with Crippen molar-refractivity contribution in [2.24, 2.45) is 0 Å². The molecule has 0 atom stereocenters. The van der Waals surface area contributed by atoms with Gasteiger partial charge in [0.1, 0.15) is 11.3 Å². The Hall–Kier alpha value is -3.87. The van der Waals surface area contributed by atoms with Crippen LogP contribution in [0.15, 0.2) is 60.7 Å². The number of rotatable bonds is 13. The van der Waals surface area contributed by atoms with Crippen LogP contribution in [0.3, 0.4) is 0 Å². The Bertz CT molecular complexity index is 1290. The molecule has 1 amide bonds. The van der Waals surface area contributed by atoms with Gasteiger partial charge in [-0.1, -0.05) is 74.0 Å². The molecule has 4 aromatic rings. The van der Waals surface area contributed by atoms with E-state index in [-0.39, 0.29) is 0 Å². The van der Waals surface area contributed by atoms with Gasteiger partial charge in [0.15, 0.2) is 5.82 Å². The van der Waals surface area contributed by atoms with Gasteiger partial charge in [-0.2, -0.15) is 0 Å². The lowest BCUT2D eigenvalue weighted by Crippen LogP contribution is -2.24. The number of unbranched alkanes of at least 4 members (excludes halogenated alkanes) is 2. The predicted octanol–water partition coefficient (Wildman–Crippen LogP) is 6.65. The second kappa shape index (κ2) is 13.1. The van der Waals surface area contributed by atoms with Crippen LogP contribution in [-0.4, -0.2) is 32.3 Å². The third kappa shape index (κ3) is 6.71. The van der Waals surface area contributed by atoms with Gasteiger partial charge >= 0.3 is 6.09 Å². The molecule has 0 unspecified atom stereocenters. The lowest BCUT2D eigenvalue weighted by molar-refractivity contribution is 0.194. The molecular formula is C31H39N5O2. The Morgan fingerprint density at radius 2 is 1.55 bits per heavy atom. The Morgan fingerprint density at radius 3 is 2.13 bits per heavy atom. The second-order valence-electron chi connectivity index (χ2n) is 9.89. The number of imidazole rings is 1.